The van der Waals surface area contributed by atoms with E-state index in [0.29, 0.717) is 21.2 Å². The topological polar surface area (TPSA) is 17.8 Å². The molecule has 0 amide bonds. The van der Waals surface area contributed by atoms with Crippen LogP contribution >= 0.6 is 46.1 Å². The zero-order valence-corrected chi connectivity index (χ0v) is 14.0. The first-order chi connectivity index (χ1) is 10.0. The van der Waals surface area contributed by atoms with Crippen LogP contribution in [0.25, 0.3) is 11.0 Å². The van der Waals surface area contributed by atoms with Gasteiger partial charge in [0, 0.05) is 10.9 Å². The summed E-state index contributed by atoms with van der Waals surface area (Å²) in [5.41, 5.74) is 1.30. The summed E-state index contributed by atoms with van der Waals surface area (Å²) in [5.74, 6) is 0.436. The summed E-state index contributed by atoms with van der Waals surface area (Å²) in [4.78, 5) is 5.49. The van der Waals surface area contributed by atoms with Crippen molar-refractivity contribution in [3.05, 3.63) is 50.1 Å². The van der Waals surface area contributed by atoms with E-state index in [1.807, 2.05) is 23.6 Å². The van der Waals surface area contributed by atoms with Crippen molar-refractivity contribution in [3.63, 3.8) is 0 Å². The Hall–Kier alpha value is -0.810. The first kappa shape index (κ1) is 15.1. The van der Waals surface area contributed by atoms with Crippen molar-refractivity contribution in [2.75, 3.05) is 0 Å². The number of imidazole rings is 1. The summed E-state index contributed by atoms with van der Waals surface area (Å²) >= 11 is 19.3. The second-order valence-electron chi connectivity index (χ2n) is 4.60. The Kier molecular flexibility index (Phi) is 4.14. The van der Waals surface area contributed by atoms with E-state index in [9.17, 15) is 4.39 Å². The molecule has 2 nitrogen and oxygen atoms in total. The van der Waals surface area contributed by atoms with Crippen molar-refractivity contribution in [1.82, 2.24) is 9.55 Å². The number of benzene rings is 1. The summed E-state index contributed by atoms with van der Waals surface area (Å²) in [7, 11) is 0. The van der Waals surface area contributed by atoms with Crippen LogP contribution in [0.2, 0.25) is 9.36 Å². The predicted molar refractivity (Wildman–Crippen MR) is 87.4 cm³/mol. The number of nitrogens with zero attached hydrogens (tertiary/aromatic N) is 2. The molecule has 0 aliphatic heterocycles. The standard InChI is InChI=1S/C14H10Cl3FN2S/c1-7(12-2-3-13(17)21-12)20-11-5-9(18)8(16)4-10(11)19-14(20)6-15/h2-5,7H,6H2,1H3. The molecule has 0 saturated carbocycles. The molecule has 1 unspecified atom stereocenters. The van der Waals surface area contributed by atoms with Gasteiger partial charge in [-0.15, -0.1) is 22.9 Å². The Labute approximate surface area is 140 Å². The highest BCUT2D eigenvalue weighted by Gasteiger charge is 2.19. The number of aromatic nitrogens is 2. The van der Waals surface area contributed by atoms with E-state index in [2.05, 4.69) is 4.98 Å². The highest BCUT2D eigenvalue weighted by molar-refractivity contribution is 7.16. The van der Waals surface area contributed by atoms with E-state index in [4.69, 9.17) is 34.8 Å². The molecule has 7 heteroatoms. The van der Waals surface area contributed by atoms with Crippen LogP contribution in [0.1, 0.15) is 23.7 Å². The molecule has 0 aliphatic carbocycles. The van der Waals surface area contributed by atoms with Gasteiger partial charge in [0.1, 0.15) is 11.6 Å². The first-order valence-corrected chi connectivity index (χ1v) is 8.29. The number of hydrogen-bond donors (Lipinski definition) is 0. The number of fused-ring (bicyclic) bond motifs is 1. The van der Waals surface area contributed by atoms with Gasteiger partial charge in [0.15, 0.2) is 0 Å². The lowest BCUT2D eigenvalue weighted by molar-refractivity contribution is 0.621. The fraction of sp³-hybridized carbons (Fsp3) is 0.214. The molecule has 3 aromatic rings. The molecule has 2 heterocycles. The molecular formula is C14H10Cl3FN2S. The van der Waals surface area contributed by atoms with Gasteiger partial charge in [0.05, 0.1) is 32.3 Å². The summed E-state index contributed by atoms with van der Waals surface area (Å²) in [6.07, 6.45) is 0. The third-order valence-corrected chi connectivity index (χ3v) is 5.25. The summed E-state index contributed by atoms with van der Waals surface area (Å²) < 4.78 is 16.4. The summed E-state index contributed by atoms with van der Waals surface area (Å²) in [5, 5.41) is 0.0556. The van der Waals surface area contributed by atoms with Gasteiger partial charge >= 0.3 is 0 Å². The molecule has 1 atom stereocenters. The molecule has 1 aromatic carbocycles. The van der Waals surface area contributed by atoms with Crippen LogP contribution in [0.4, 0.5) is 4.39 Å². The van der Waals surface area contributed by atoms with Crippen molar-refractivity contribution < 1.29 is 4.39 Å². The van der Waals surface area contributed by atoms with E-state index < -0.39 is 5.82 Å². The monoisotopic (exact) mass is 362 g/mol. The van der Waals surface area contributed by atoms with Crippen molar-refractivity contribution in [3.8, 4) is 0 Å². The molecule has 21 heavy (non-hydrogen) atoms. The Morgan fingerprint density at radius 1 is 1.33 bits per heavy atom. The normalized spacial score (nSPS) is 13.0. The Morgan fingerprint density at radius 2 is 2.10 bits per heavy atom. The number of alkyl halides is 1. The van der Waals surface area contributed by atoms with E-state index >= 15 is 0 Å². The van der Waals surface area contributed by atoms with Crippen LogP contribution in [0, 0.1) is 5.82 Å². The molecule has 0 fully saturated rings. The lowest BCUT2D eigenvalue weighted by Gasteiger charge is -2.15. The quantitative estimate of drug-likeness (QED) is 0.530. The third-order valence-electron chi connectivity index (χ3n) is 3.32. The van der Waals surface area contributed by atoms with Gasteiger partial charge in [0.25, 0.3) is 0 Å². The zero-order valence-electron chi connectivity index (χ0n) is 10.9. The zero-order chi connectivity index (χ0) is 15.1. The average Bonchev–Trinajstić information content (AvgIpc) is 3.02. The lowest BCUT2D eigenvalue weighted by Crippen LogP contribution is -2.08. The van der Waals surface area contributed by atoms with E-state index in [1.54, 1.807) is 0 Å². The van der Waals surface area contributed by atoms with Gasteiger partial charge in [-0.3, -0.25) is 0 Å². The van der Waals surface area contributed by atoms with Gasteiger partial charge in [-0.2, -0.15) is 0 Å². The first-order valence-electron chi connectivity index (χ1n) is 6.18. The van der Waals surface area contributed by atoms with Crippen molar-refractivity contribution in [2.24, 2.45) is 0 Å². The van der Waals surface area contributed by atoms with E-state index in [1.165, 1.54) is 23.5 Å². The maximum absolute atomic E-state index is 13.8. The van der Waals surface area contributed by atoms with Crippen molar-refractivity contribution >= 4 is 57.2 Å². The van der Waals surface area contributed by atoms with E-state index in [-0.39, 0.29) is 16.9 Å². The van der Waals surface area contributed by atoms with Gasteiger partial charge in [0.2, 0.25) is 0 Å². The number of thiophene rings is 1. The fourth-order valence-corrected chi connectivity index (χ4v) is 3.80. The lowest BCUT2D eigenvalue weighted by atomic mass is 10.2. The molecule has 0 spiro atoms. The number of hydrogen-bond acceptors (Lipinski definition) is 2. The SMILES string of the molecule is CC(c1ccc(Cl)s1)n1c(CCl)nc2cc(Cl)c(F)cc21. The molecule has 110 valence electrons. The average molecular weight is 364 g/mol. The molecule has 0 bridgehead atoms. The molecule has 0 radical (unpaired) electrons. The Bertz CT molecular complexity index is 812. The molecular weight excluding hydrogens is 354 g/mol. The molecule has 0 N–H and O–H groups in total. The third kappa shape index (κ3) is 2.66. The maximum Gasteiger partial charge on any atom is 0.144 e. The number of rotatable bonds is 3. The van der Waals surface area contributed by atoms with Gasteiger partial charge in [-0.05, 0) is 25.1 Å². The summed E-state index contributed by atoms with van der Waals surface area (Å²) in [6.45, 7) is 2.01. The molecule has 0 saturated heterocycles. The Balaban J connectivity index is 2.22. The van der Waals surface area contributed by atoms with Gasteiger partial charge < -0.3 is 4.57 Å². The largest absolute Gasteiger partial charge is 0.319 e. The van der Waals surface area contributed by atoms with Crippen LogP contribution in [0.5, 0.6) is 0 Å². The molecule has 2 aromatic heterocycles. The minimum absolute atomic E-state index is 0.0400. The minimum Gasteiger partial charge on any atom is -0.319 e. The van der Waals surface area contributed by atoms with Crippen molar-refractivity contribution in [1.29, 1.82) is 0 Å². The van der Waals surface area contributed by atoms with Crippen LogP contribution in [-0.2, 0) is 5.88 Å². The van der Waals surface area contributed by atoms with Crippen molar-refractivity contribution in [2.45, 2.75) is 18.8 Å². The number of halogens is 4. The van der Waals surface area contributed by atoms with E-state index in [0.717, 1.165) is 4.88 Å². The Morgan fingerprint density at radius 3 is 2.71 bits per heavy atom. The smallest absolute Gasteiger partial charge is 0.144 e. The minimum atomic E-state index is -0.470. The second kappa shape index (κ2) is 5.76. The van der Waals surface area contributed by atoms with Crippen LogP contribution < -0.4 is 0 Å². The van der Waals surface area contributed by atoms with Gasteiger partial charge in [-0.25, -0.2) is 9.37 Å². The van der Waals surface area contributed by atoms with Crippen LogP contribution in [0.15, 0.2) is 24.3 Å². The highest BCUT2D eigenvalue weighted by Crippen LogP contribution is 2.33. The predicted octanol–water partition coefficient (Wildman–Crippen LogP) is 5.89. The van der Waals surface area contributed by atoms with Crippen LogP contribution in [0.3, 0.4) is 0 Å². The highest BCUT2D eigenvalue weighted by atomic mass is 35.5. The molecule has 0 aliphatic rings. The second-order valence-corrected chi connectivity index (χ2v) is 7.03. The molecule has 3 rings (SSSR count). The fourth-order valence-electron chi connectivity index (χ4n) is 2.35. The van der Waals surface area contributed by atoms with Crippen LogP contribution in [-0.4, -0.2) is 9.55 Å². The summed E-state index contributed by atoms with van der Waals surface area (Å²) in [6, 6.07) is 6.67. The van der Waals surface area contributed by atoms with Gasteiger partial charge in [-0.1, -0.05) is 23.2 Å². The maximum atomic E-state index is 13.8.